The number of rotatable bonds is 6. The lowest BCUT2D eigenvalue weighted by Crippen LogP contribution is -2.36. The van der Waals surface area contributed by atoms with Crippen molar-refractivity contribution in [1.82, 2.24) is 5.32 Å². The van der Waals surface area contributed by atoms with Crippen molar-refractivity contribution in [2.75, 3.05) is 7.05 Å². The zero-order valence-corrected chi connectivity index (χ0v) is 10.9. The molecule has 0 saturated heterocycles. The van der Waals surface area contributed by atoms with E-state index in [1.54, 1.807) is 0 Å². The van der Waals surface area contributed by atoms with Crippen LogP contribution in [0.1, 0.15) is 65.2 Å². The third-order valence-corrected chi connectivity index (χ3v) is 4.03. The van der Waals surface area contributed by atoms with Gasteiger partial charge in [0.2, 0.25) is 0 Å². The highest BCUT2D eigenvalue weighted by atomic mass is 14.9. The van der Waals surface area contributed by atoms with Gasteiger partial charge in [-0.2, -0.15) is 0 Å². The van der Waals surface area contributed by atoms with Crippen LogP contribution in [0.5, 0.6) is 0 Å². The monoisotopic (exact) mass is 211 g/mol. The van der Waals surface area contributed by atoms with E-state index in [-0.39, 0.29) is 0 Å². The van der Waals surface area contributed by atoms with Gasteiger partial charge in [0.1, 0.15) is 0 Å². The van der Waals surface area contributed by atoms with Crippen molar-refractivity contribution in [3.63, 3.8) is 0 Å². The van der Waals surface area contributed by atoms with Gasteiger partial charge in [-0.1, -0.05) is 46.0 Å². The quantitative estimate of drug-likeness (QED) is 0.700. The summed E-state index contributed by atoms with van der Waals surface area (Å²) >= 11 is 0. The standard InChI is InChI=1S/C14H29N/c1-4-8-12(2)11-14(15-3)13-9-6-5-7-10-13/h12-15H,4-11H2,1-3H3. The molecule has 2 unspecified atom stereocenters. The average Bonchev–Trinajstić information content (AvgIpc) is 2.27. The van der Waals surface area contributed by atoms with Crippen LogP contribution in [-0.4, -0.2) is 13.1 Å². The van der Waals surface area contributed by atoms with E-state index < -0.39 is 0 Å². The van der Waals surface area contributed by atoms with Crippen LogP contribution in [0.25, 0.3) is 0 Å². The summed E-state index contributed by atoms with van der Waals surface area (Å²) in [7, 11) is 2.15. The fourth-order valence-electron chi connectivity index (χ4n) is 3.13. The van der Waals surface area contributed by atoms with Crippen molar-refractivity contribution in [3.05, 3.63) is 0 Å². The van der Waals surface area contributed by atoms with E-state index in [1.807, 2.05) is 0 Å². The first-order chi connectivity index (χ1) is 7.27. The predicted octanol–water partition coefficient (Wildman–Crippen LogP) is 3.98. The minimum Gasteiger partial charge on any atom is -0.317 e. The maximum atomic E-state index is 3.56. The summed E-state index contributed by atoms with van der Waals surface area (Å²) in [5, 5.41) is 3.56. The van der Waals surface area contributed by atoms with Gasteiger partial charge < -0.3 is 5.32 Å². The molecule has 0 bridgehead atoms. The van der Waals surface area contributed by atoms with E-state index in [1.165, 1.54) is 51.4 Å². The molecule has 1 N–H and O–H groups in total. The fourth-order valence-corrected chi connectivity index (χ4v) is 3.13. The predicted molar refractivity (Wildman–Crippen MR) is 68.1 cm³/mol. The molecule has 15 heavy (non-hydrogen) atoms. The molecule has 1 saturated carbocycles. The molecule has 0 radical (unpaired) electrons. The molecule has 0 aromatic rings. The topological polar surface area (TPSA) is 12.0 Å². The molecule has 0 aromatic heterocycles. The molecule has 0 heterocycles. The lowest BCUT2D eigenvalue weighted by atomic mass is 9.80. The Balaban J connectivity index is 2.32. The van der Waals surface area contributed by atoms with Crippen molar-refractivity contribution in [2.24, 2.45) is 11.8 Å². The van der Waals surface area contributed by atoms with E-state index in [4.69, 9.17) is 0 Å². The van der Waals surface area contributed by atoms with Gasteiger partial charge in [0, 0.05) is 6.04 Å². The first-order valence-electron chi connectivity index (χ1n) is 6.95. The van der Waals surface area contributed by atoms with Crippen LogP contribution in [0.3, 0.4) is 0 Å². The molecule has 0 amide bonds. The average molecular weight is 211 g/mol. The summed E-state index contributed by atoms with van der Waals surface area (Å²) in [4.78, 5) is 0. The molecule has 0 aromatic carbocycles. The lowest BCUT2D eigenvalue weighted by Gasteiger charge is -2.31. The second-order valence-corrected chi connectivity index (χ2v) is 5.42. The zero-order valence-electron chi connectivity index (χ0n) is 10.9. The molecule has 1 rings (SSSR count). The van der Waals surface area contributed by atoms with Crippen molar-refractivity contribution in [1.29, 1.82) is 0 Å². The van der Waals surface area contributed by atoms with Crippen LogP contribution < -0.4 is 5.32 Å². The molecule has 90 valence electrons. The van der Waals surface area contributed by atoms with Crippen molar-refractivity contribution in [2.45, 2.75) is 71.3 Å². The maximum absolute atomic E-state index is 3.56. The Morgan fingerprint density at radius 1 is 1.20 bits per heavy atom. The van der Waals surface area contributed by atoms with Crippen molar-refractivity contribution in [3.8, 4) is 0 Å². The zero-order chi connectivity index (χ0) is 11.1. The second kappa shape index (κ2) is 7.27. The normalized spacial score (nSPS) is 22.6. The number of nitrogens with one attached hydrogen (secondary N) is 1. The molecule has 1 aliphatic rings. The van der Waals surface area contributed by atoms with E-state index in [0.29, 0.717) is 0 Å². The van der Waals surface area contributed by atoms with E-state index >= 15 is 0 Å². The Morgan fingerprint density at radius 2 is 1.87 bits per heavy atom. The summed E-state index contributed by atoms with van der Waals surface area (Å²) < 4.78 is 0. The summed E-state index contributed by atoms with van der Waals surface area (Å²) in [6.45, 7) is 4.71. The van der Waals surface area contributed by atoms with Crippen LogP contribution in [0.15, 0.2) is 0 Å². The van der Waals surface area contributed by atoms with Gasteiger partial charge in [-0.25, -0.2) is 0 Å². The Kier molecular flexibility index (Phi) is 6.31. The highest BCUT2D eigenvalue weighted by Gasteiger charge is 2.23. The molecule has 1 fully saturated rings. The largest absolute Gasteiger partial charge is 0.317 e. The highest BCUT2D eigenvalue weighted by Crippen LogP contribution is 2.29. The van der Waals surface area contributed by atoms with Crippen molar-refractivity contribution < 1.29 is 0 Å². The van der Waals surface area contributed by atoms with Gasteiger partial charge >= 0.3 is 0 Å². The Morgan fingerprint density at radius 3 is 2.40 bits per heavy atom. The number of hydrogen-bond donors (Lipinski definition) is 1. The van der Waals surface area contributed by atoms with E-state index in [0.717, 1.165) is 17.9 Å². The molecule has 1 aliphatic carbocycles. The third kappa shape index (κ3) is 4.55. The Hall–Kier alpha value is -0.0400. The fraction of sp³-hybridized carbons (Fsp3) is 1.00. The third-order valence-electron chi connectivity index (χ3n) is 4.03. The molecular weight excluding hydrogens is 182 g/mol. The van der Waals surface area contributed by atoms with E-state index in [2.05, 4.69) is 26.2 Å². The molecule has 0 aliphatic heterocycles. The second-order valence-electron chi connectivity index (χ2n) is 5.42. The van der Waals surface area contributed by atoms with Gasteiger partial charge in [0.15, 0.2) is 0 Å². The SMILES string of the molecule is CCCC(C)CC(NC)C1CCCCC1. The summed E-state index contributed by atoms with van der Waals surface area (Å²) in [6, 6.07) is 0.784. The van der Waals surface area contributed by atoms with E-state index in [9.17, 15) is 0 Å². The van der Waals surface area contributed by atoms with Gasteiger partial charge in [-0.05, 0) is 38.1 Å². The molecule has 1 nitrogen and oxygen atoms in total. The minimum absolute atomic E-state index is 0.784. The van der Waals surface area contributed by atoms with Gasteiger partial charge in [0.05, 0.1) is 0 Å². The lowest BCUT2D eigenvalue weighted by molar-refractivity contribution is 0.243. The maximum Gasteiger partial charge on any atom is 0.00948 e. The molecule has 1 heteroatoms. The van der Waals surface area contributed by atoms with Crippen molar-refractivity contribution >= 4 is 0 Å². The van der Waals surface area contributed by atoms with Crippen LogP contribution in [0, 0.1) is 11.8 Å². The van der Waals surface area contributed by atoms with Crippen LogP contribution in [-0.2, 0) is 0 Å². The van der Waals surface area contributed by atoms with Gasteiger partial charge in [0.25, 0.3) is 0 Å². The van der Waals surface area contributed by atoms with Gasteiger partial charge in [-0.15, -0.1) is 0 Å². The Bertz CT molecular complexity index is 149. The number of hydrogen-bond acceptors (Lipinski definition) is 1. The molecular formula is C14H29N. The minimum atomic E-state index is 0.784. The van der Waals surface area contributed by atoms with Crippen LogP contribution >= 0.6 is 0 Å². The molecule has 0 spiro atoms. The summed E-state index contributed by atoms with van der Waals surface area (Å²) in [5.41, 5.74) is 0. The van der Waals surface area contributed by atoms with Gasteiger partial charge in [-0.3, -0.25) is 0 Å². The smallest absolute Gasteiger partial charge is 0.00948 e. The summed E-state index contributed by atoms with van der Waals surface area (Å²) in [5.74, 6) is 1.86. The Labute approximate surface area is 96.0 Å². The first kappa shape index (κ1) is 13.0. The summed E-state index contributed by atoms with van der Waals surface area (Å²) in [6.07, 6.45) is 11.4. The van der Waals surface area contributed by atoms with Crippen LogP contribution in [0.4, 0.5) is 0 Å². The molecule has 2 atom stereocenters. The highest BCUT2D eigenvalue weighted by molar-refractivity contribution is 4.79. The van der Waals surface area contributed by atoms with Crippen LogP contribution in [0.2, 0.25) is 0 Å². The first-order valence-corrected chi connectivity index (χ1v) is 6.95.